The van der Waals surface area contributed by atoms with Gasteiger partial charge in [-0.25, -0.2) is 8.42 Å². The highest BCUT2D eigenvalue weighted by atomic mass is 35.5. The second-order valence-electron chi connectivity index (χ2n) is 4.57. The molecule has 114 valence electrons. The summed E-state index contributed by atoms with van der Waals surface area (Å²) >= 11 is 17.7. The summed E-state index contributed by atoms with van der Waals surface area (Å²) in [5, 5.41) is 0.469. The van der Waals surface area contributed by atoms with E-state index in [4.69, 9.17) is 40.5 Å². The SMILES string of the molecule is NCCCCCCCS(=O)(=O)c1c(Cl)cc(Cl)cc1Cl. The molecule has 7 heteroatoms. The number of benzene rings is 1. The van der Waals surface area contributed by atoms with Crippen molar-refractivity contribution in [3.8, 4) is 0 Å². The largest absolute Gasteiger partial charge is 0.330 e. The predicted molar refractivity (Wildman–Crippen MR) is 85.7 cm³/mol. The molecule has 0 heterocycles. The molecule has 0 saturated carbocycles. The van der Waals surface area contributed by atoms with Crippen molar-refractivity contribution in [2.24, 2.45) is 5.73 Å². The number of nitrogens with two attached hydrogens (primary N) is 1. The number of hydrogen-bond donors (Lipinski definition) is 1. The Bertz CT molecular complexity index is 524. The third-order valence-electron chi connectivity index (χ3n) is 2.89. The second kappa shape index (κ2) is 8.44. The van der Waals surface area contributed by atoms with Crippen LogP contribution in [0.3, 0.4) is 0 Å². The molecule has 0 aromatic heterocycles. The molecular formula is C13H18Cl3NO2S. The van der Waals surface area contributed by atoms with Crippen molar-refractivity contribution in [2.75, 3.05) is 12.3 Å². The molecule has 0 atom stereocenters. The summed E-state index contributed by atoms with van der Waals surface area (Å²) in [5.74, 6) is 0.0384. The minimum Gasteiger partial charge on any atom is -0.330 e. The van der Waals surface area contributed by atoms with Gasteiger partial charge in [-0.1, -0.05) is 54.1 Å². The second-order valence-corrected chi connectivity index (χ2v) is 7.87. The van der Waals surface area contributed by atoms with Crippen LogP contribution in [0.1, 0.15) is 32.1 Å². The van der Waals surface area contributed by atoms with Crippen LogP contribution in [0.4, 0.5) is 0 Å². The molecule has 0 fully saturated rings. The highest BCUT2D eigenvalue weighted by Gasteiger charge is 2.22. The molecule has 1 aromatic rings. The van der Waals surface area contributed by atoms with Gasteiger partial charge >= 0.3 is 0 Å². The summed E-state index contributed by atoms with van der Waals surface area (Å²) in [6.07, 6.45) is 4.42. The van der Waals surface area contributed by atoms with Crippen LogP contribution in [0.25, 0.3) is 0 Å². The zero-order valence-electron chi connectivity index (χ0n) is 11.0. The van der Waals surface area contributed by atoms with Gasteiger partial charge in [0.15, 0.2) is 9.84 Å². The Balaban J connectivity index is 2.66. The first-order chi connectivity index (χ1) is 9.38. The first-order valence-corrected chi connectivity index (χ1v) is 9.24. The lowest BCUT2D eigenvalue weighted by atomic mass is 10.2. The number of sulfone groups is 1. The van der Waals surface area contributed by atoms with Gasteiger partial charge < -0.3 is 5.73 Å². The number of halogens is 3. The van der Waals surface area contributed by atoms with Crippen molar-refractivity contribution >= 4 is 44.6 Å². The van der Waals surface area contributed by atoms with E-state index in [0.29, 0.717) is 18.0 Å². The van der Waals surface area contributed by atoms with E-state index in [9.17, 15) is 8.42 Å². The van der Waals surface area contributed by atoms with Crippen LogP contribution < -0.4 is 5.73 Å². The molecule has 0 radical (unpaired) electrons. The molecule has 0 unspecified atom stereocenters. The Kier molecular flexibility index (Phi) is 7.62. The minimum absolute atomic E-state index is 0.0211. The number of unbranched alkanes of at least 4 members (excludes halogenated alkanes) is 4. The highest BCUT2D eigenvalue weighted by Crippen LogP contribution is 2.33. The van der Waals surface area contributed by atoms with E-state index in [2.05, 4.69) is 0 Å². The number of rotatable bonds is 8. The van der Waals surface area contributed by atoms with Crippen LogP contribution in [-0.4, -0.2) is 20.7 Å². The smallest absolute Gasteiger partial charge is 0.181 e. The third-order valence-corrected chi connectivity index (χ3v) is 5.82. The molecule has 0 bridgehead atoms. The average Bonchev–Trinajstić information content (AvgIpc) is 2.31. The number of hydrogen-bond acceptors (Lipinski definition) is 3. The maximum Gasteiger partial charge on any atom is 0.181 e. The summed E-state index contributed by atoms with van der Waals surface area (Å²) in [5.41, 5.74) is 5.40. The lowest BCUT2D eigenvalue weighted by molar-refractivity contribution is 0.585. The summed E-state index contributed by atoms with van der Waals surface area (Å²) in [7, 11) is -3.48. The van der Waals surface area contributed by atoms with Gasteiger partial charge in [-0.05, 0) is 31.5 Å². The van der Waals surface area contributed by atoms with Crippen LogP contribution in [0, 0.1) is 0 Å². The molecular weight excluding hydrogens is 341 g/mol. The van der Waals surface area contributed by atoms with E-state index >= 15 is 0 Å². The fraction of sp³-hybridized carbons (Fsp3) is 0.538. The fourth-order valence-electron chi connectivity index (χ4n) is 1.89. The molecule has 3 nitrogen and oxygen atoms in total. The maximum atomic E-state index is 12.2. The monoisotopic (exact) mass is 357 g/mol. The lowest BCUT2D eigenvalue weighted by Gasteiger charge is -2.09. The molecule has 0 aliphatic rings. The summed E-state index contributed by atoms with van der Waals surface area (Å²) in [6, 6.07) is 2.78. The van der Waals surface area contributed by atoms with Crippen LogP contribution in [0.15, 0.2) is 17.0 Å². The van der Waals surface area contributed by atoms with E-state index in [0.717, 1.165) is 25.7 Å². The van der Waals surface area contributed by atoms with Crippen molar-refractivity contribution in [3.63, 3.8) is 0 Å². The summed E-state index contributed by atoms with van der Waals surface area (Å²) in [4.78, 5) is -0.0211. The Morgan fingerprint density at radius 2 is 1.40 bits per heavy atom. The van der Waals surface area contributed by atoms with Crippen molar-refractivity contribution in [2.45, 2.75) is 37.0 Å². The van der Waals surface area contributed by atoms with E-state index < -0.39 is 9.84 Å². The van der Waals surface area contributed by atoms with Gasteiger partial charge in [0.05, 0.1) is 15.8 Å². The molecule has 1 rings (SSSR count). The minimum atomic E-state index is -3.48. The van der Waals surface area contributed by atoms with Crippen LogP contribution in [-0.2, 0) is 9.84 Å². The van der Waals surface area contributed by atoms with E-state index in [1.54, 1.807) is 0 Å². The Morgan fingerprint density at radius 1 is 0.900 bits per heavy atom. The van der Waals surface area contributed by atoms with Crippen molar-refractivity contribution in [3.05, 3.63) is 27.2 Å². The van der Waals surface area contributed by atoms with Gasteiger partial charge in [0, 0.05) is 5.02 Å². The van der Waals surface area contributed by atoms with Crippen LogP contribution in [0.2, 0.25) is 15.1 Å². The van der Waals surface area contributed by atoms with Crippen molar-refractivity contribution in [1.82, 2.24) is 0 Å². The zero-order valence-corrected chi connectivity index (χ0v) is 14.1. The Labute approximate surface area is 135 Å². The quantitative estimate of drug-likeness (QED) is 0.704. The molecule has 0 aliphatic heterocycles. The molecule has 2 N–H and O–H groups in total. The lowest BCUT2D eigenvalue weighted by Crippen LogP contribution is -2.08. The van der Waals surface area contributed by atoms with Crippen molar-refractivity contribution < 1.29 is 8.42 Å². The van der Waals surface area contributed by atoms with Gasteiger partial charge in [0.1, 0.15) is 4.90 Å². The summed E-state index contributed by atoms with van der Waals surface area (Å²) in [6.45, 7) is 0.675. The maximum absolute atomic E-state index is 12.2. The Morgan fingerprint density at radius 3 is 1.95 bits per heavy atom. The standard InChI is InChI=1S/C13H18Cl3NO2S/c14-10-8-11(15)13(12(16)9-10)20(18,19)7-5-3-1-2-4-6-17/h8-9H,1-7,17H2. The van der Waals surface area contributed by atoms with Crippen LogP contribution in [0.5, 0.6) is 0 Å². The average molecular weight is 359 g/mol. The van der Waals surface area contributed by atoms with Gasteiger partial charge in [-0.3, -0.25) is 0 Å². The van der Waals surface area contributed by atoms with Gasteiger partial charge in [-0.15, -0.1) is 0 Å². The molecule has 0 spiro atoms. The Hall–Kier alpha value is -0.000000000000000111. The van der Waals surface area contributed by atoms with Gasteiger partial charge in [0.25, 0.3) is 0 Å². The molecule has 0 aliphatic carbocycles. The van der Waals surface area contributed by atoms with Gasteiger partial charge in [-0.2, -0.15) is 0 Å². The topological polar surface area (TPSA) is 60.2 Å². The fourth-order valence-corrected chi connectivity index (χ4v) is 4.92. The van der Waals surface area contributed by atoms with Crippen molar-refractivity contribution in [1.29, 1.82) is 0 Å². The highest BCUT2D eigenvalue weighted by molar-refractivity contribution is 7.91. The van der Waals surface area contributed by atoms with E-state index in [-0.39, 0.29) is 20.7 Å². The first-order valence-electron chi connectivity index (χ1n) is 6.46. The first kappa shape index (κ1) is 18.1. The van der Waals surface area contributed by atoms with E-state index in [1.807, 2.05) is 0 Å². The van der Waals surface area contributed by atoms with Gasteiger partial charge in [0.2, 0.25) is 0 Å². The molecule has 20 heavy (non-hydrogen) atoms. The predicted octanol–water partition coefficient (Wildman–Crippen LogP) is 4.33. The van der Waals surface area contributed by atoms with E-state index in [1.165, 1.54) is 12.1 Å². The zero-order chi connectivity index (χ0) is 15.2. The molecule has 0 amide bonds. The molecule has 0 saturated heterocycles. The third kappa shape index (κ3) is 5.41. The summed E-state index contributed by atoms with van der Waals surface area (Å²) < 4.78 is 24.5. The normalized spacial score (nSPS) is 11.8. The van der Waals surface area contributed by atoms with Crippen LogP contribution >= 0.6 is 34.8 Å². The molecule has 1 aromatic carbocycles.